The molecule has 0 radical (unpaired) electrons. The summed E-state index contributed by atoms with van der Waals surface area (Å²) in [5, 5.41) is 3.13. The van der Waals surface area contributed by atoms with Gasteiger partial charge in [-0.1, -0.05) is 26.0 Å². The van der Waals surface area contributed by atoms with Crippen molar-refractivity contribution in [2.45, 2.75) is 19.8 Å². The summed E-state index contributed by atoms with van der Waals surface area (Å²) in [7, 11) is 1.90. The van der Waals surface area contributed by atoms with Crippen LogP contribution in [-0.4, -0.2) is 12.0 Å². The molecule has 0 saturated heterocycles. The van der Waals surface area contributed by atoms with Crippen molar-refractivity contribution < 1.29 is 4.42 Å². The molecule has 0 aliphatic rings. The van der Waals surface area contributed by atoms with E-state index in [1.807, 2.05) is 37.4 Å². The summed E-state index contributed by atoms with van der Waals surface area (Å²) >= 11 is 0. The minimum absolute atomic E-state index is 0.493. The largest absolute Gasteiger partial charge is 0.436 e. The van der Waals surface area contributed by atoms with Crippen LogP contribution in [0.2, 0.25) is 0 Å². The molecule has 0 unspecified atom stereocenters. The molecule has 1 aromatic heterocycles. The van der Waals surface area contributed by atoms with Crippen molar-refractivity contribution in [1.82, 2.24) is 4.98 Å². The molecule has 0 atom stereocenters. The molecule has 2 aromatic carbocycles. The number of oxazole rings is 1. The maximum absolute atomic E-state index is 5.85. The molecular weight excluding hydrogens is 248 g/mol. The second-order valence-corrected chi connectivity index (χ2v) is 5.23. The van der Waals surface area contributed by atoms with Crippen molar-refractivity contribution >= 4 is 16.8 Å². The van der Waals surface area contributed by atoms with Crippen LogP contribution >= 0.6 is 0 Å². The average Bonchev–Trinajstić information content (AvgIpc) is 2.90. The molecule has 3 heteroatoms. The summed E-state index contributed by atoms with van der Waals surface area (Å²) in [5.74, 6) is 1.16. The normalized spacial score (nSPS) is 11.2. The Morgan fingerprint density at radius 1 is 1.10 bits per heavy atom. The van der Waals surface area contributed by atoms with Crippen LogP contribution < -0.4 is 5.32 Å². The molecule has 0 saturated carbocycles. The summed E-state index contributed by atoms with van der Waals surface area (Å²) in [6, 6.07) is 14.3. The molecule has 3 rings (SSSR count). The van der Waals surface area contributed by atoms with Crippen LogP contribution in [0.4, 0.5) is 5.69 Å². The number of hydrogen-bond donors (Lipinski definition) is 1. The lowest BCUT2D eigenvalue weighted by Gasteiger charge is -2.02. The molecule has 0 fully saturated rings. The average molecular weight is 266 g/mol. The van der Waals surface area contributed by atoms with Crippen LogP contribution in [0, 0.1) is 0 Å². The summed E-state index contributed by atoms with van der Waals surface area (Å²) in [6.07, 6.45) is 0. The van der Waals surface area contributed by atoms with Crippen molar-refractivity contribution in [2.75, 3.05) is 12.4 Å². The fraction of sp³-hybridized carbons (Fsp3) is 0.235. The van der Waals surface area contributed by atoms with Crippen LogP contribution in [0.15, 0.2) is 46.9 Å². The summed E-state index contributed by atoms with van der Waals surface area (Å²) in [5.41, 5.74) is 5.06. The minimum atomic E-state index is 0.493. The first-order chi connectivity index (χ1) is 9.67. The molecule has 20 heavy (non-hydrogen) atoms. The lowest BCUT2D eigenvalue weighted by molar-refractivity contribution is 0.620. The minimum Gasteiger partial charge on any atom is -0.436 e. The van der Waals surface area contributed by atoms with Gasteiger partial charge in [-0.2, -0.15) is 0 Å². The first kappa shape index (κ1) is 12.7. The zero-order valence-corrected chi connectivity index (χ0v) is 12.0. The van der Waals surface area contributed by atoms with Crippen molar-refractivity contribution in [3.05, 3.63) is 48.0 Å². The van der Waals surface area contributed by atoms with Crippen molar-refractivity contribution in [1.29, 1.82) is 0 Å². The maximum atomic E-state index is 5.85. The van der Waals surface area contributed by atoms with Crippen LogP contribution in [-0.2, 0) is 0 Å². The number of benzene rings is 2. The SMILES string of the molecule is CNc1cccc(-c2nc3cc(C(C)C)ccc3o2)c1. The van der Waals surface area contributed by atoms with Crippen molar-refractivity contribution in [2.24, 2.45) is 0 Å². The molecule has 1 heterocycles. The van der Waals surface area contributed by atoms with Gasteiger partial charge in [0.2, 0.25) is 5.89 Å². The number of aromatic nitrogens is 1. The highest BCUT2D eigenvalue weighted by atomic mass is 16.3. The predicted molar refractivity (Wildman–Crippen MR) is 83.1 cm³/mol. The van der Waals surface area contributed by atoms with Gasteiger partial charge < -0.3 is 9.73 Å². The zero-order valence-electron chi connectivity index (χ0n) is 12.0. The highest BCUT2D eigenvalue weighted by Crippen LogP contribution is 2.28. The number of nitrogens with zero attached hydrogens (tertiary/aromatic N) is 1. The van der Waals surface area contributed by atoms with Gasteiger partial charge in [-0.25, -0.2) is 4.98 Å². The van der Waals surface area contributed by atoms with Gasteiger partial charge in [-0.15, -0.1) is 0 Å². The van der Waals surface area contributed by atoms with Gasteiger partial charge in [0.25, 0.3) is 0 Å². The quantitative estimate of drug-likeness (QED) is 0.749. The monoisotopic (exact) mass is 266 g/mol. The van der Waals surface area contributed by atoms with E-state index in [1.54, 1.807) is 0 Å². The summed E-state index contributed by atoms with van der Waals surface area (Å²) in [4.78, 5) is 4.61. The van der Waals surface area contributed by atoms with Crippen molar-refractivity contribution in [3.63, 3.8) is 0 Å². The van der Waals surface area contributed by atoms with E-state index in [0.717, 1.165) is 22.4 Å². The summed E-state index contributed by atoms with van der Waals surface area (Å²) < 4.78 is 5.85. The first-order valence-corrected chi connectivity index (χ1v) is 6.86. The Hall–Kier alpha value is -2.29. The van der Waals surface area contributed by atoms with E-state index in [0.29, 0.717) is 11.8 Å². The molecule has 0 amide bonds. The third-order valence-electron chi connectivity index (χ3n) is 3.48. The van der Waals surface area contributed by atoms with Crippen LogP contribution in [0.1, 0.15) is 25.3 Å². The van der Waals surface area contributed by atoms with Crippen LogP contribution in [0.25, 0.3) is 22.6 Å². The van der Waals surface area contributed by atoms with Gasteiger partial charge in [0.1, 0.15) is 5.52 Å². The molecule has 3 nitrogen and oxygen atoms in total. The smallest absolute Gasteiger partial charge is 0.227 e. The van der Waals surface area contributed by atoms with Gasteiger partial charge in [-0.3, -0.25) is 0 Å². The molecular formula is C17H18N2O. The second-order valence-electron chi connectivity index (χ2n) is 5.23. The fourth-order valence-corrected chi connectivity index (χ4v) is 2.23. The Bertz CT molecular complexity index is 744. The number of rotatable bonds is 3. The van der Waals surface area contributed by atoms with Crippen LogP contribution in [0.3, 0.4) is 0 Å². The highest BCUT2D eigenvalue weighted by Gasteiger charge is 2.10. The van der Waals surface area contributed by atoms with E-state index in [9.17, 15) is 0 Å². The van der Waals surface area contributed by atoms with E-state index in [1.165, 1.54) is 5.56 Å². The Morgan fingerprint density at radius 2 is 1.95 bits per heavy atom. The molecule has 0 aliphatic heterocycles. The standard InChI is InChI=1S/C17H18N2O/c1-11(2)12-7-8-16-15(10-12)19-17(20-16)13-5-4-6-14(9-13)18-3/h4-11,18H,1-3H3. The van der Waals surface area contributed by atoms with Gasteiger partial charge in [0.05, 0.1) is 0 Å². The Labute approximate surface area is 118 Å². The topological polar surface area (TPSA) is 38.1 Å². The van der Waals surface area contributed by atoms with Gasteiger partial charge in [0, 0.05) is 18.3 Å². The van der Waals surface area contributed by atoms with Crippen LogP contribution in [0.5, 0.6) is 0 Å². The molecule has 0 aliphatic carbocycles. The van der Waals surface area contributed by atoms with E-state index in [-0.39, 0.29) is 0 Å². The number of hydrogen-bond acceptors (Lipinski definition) is 3. The lowest BCUT2D eigenvalue weighted by Crippen LogP contribution is -1.87. The Balaban J connectivity index is 2.08. The summed E-state index contributed by atoms with van der Waals surface area (Å²) in [6.45, 7) is 4.36. The van der Waals surface area contributed by atoms with E-state index in [2.05, 4.69) is 36.3 Å². The van der Waals surface area contributed by atoms with Gasteiger partial charge in [0.15, 0.2) is 5.58 Å². The predicted octanol–water partition coefficient (Wildman–Crippen LogP) is 4.66. The molecule has 1 N–H and O–H groups in total. The number of nitrogens with one attached hydrogen (secondary N) is 1. The Morgan fingerprint density at radius 3 is 2.70 bits per heavy atom. The molecule has 0 bridgehead atoms. The van der Waals surface area contributed by atoms with Crippen molar-refractivity contribution in [3.8, 4) is 11.5 Å². The van der Waals surface area contributed by atoms with Gasteiger partial charge in [-0.05, 0) is 41.8 Å². The second kappa shape index (κ2) is 5.00. The van der Waals surface area contributed by atoms with E-state index < -0.39 is 0 Å². The lowest BCUT2D eigenvalue weighted by atomic mass is 10.0. The third-order valence-corrected chi connectivity index (χ3v) is 3.48. The van der Waals surface area contributed by atoms with E-state index >= 15 is 0 Å². The zero-order chi connectivity index (χ0) is 14.1. The first-order valence-electron chi connectivity index (χ1n) is 6.86. The Kier molecular flexibility index (Phi) is 3.18. The van der Waals surface area contributed by atoms with Gasteiger partial charge >= 0.3 is 0 Å². The highest BCUT2D eigenvalue weighted by molar-refractivity contribution is 5.77. The fourth-order valence-electron chi connectivity index (χ4n) is 2.23. The number of fused-ring (bicyclic) bond motifs is 1. The number of anilines is 1. The molecule has 3 aromatic rings. The molecule has 0 spiro atoms. The molecule has 102 valence electrons. The maximum Gasteiger partial charge on any atom is 0.227 e. The third kappa shape index (κ3) is 2.27. The van der Waals surface area contributed by atoms with E-state index in [4.69, 9.17) is 4.42 Å².